The van der Waals surface area contributed by atoms with Crippen molar-refractivity contribution in [3.63, 3.8) is 0 Å². The van der Waals surface area contributed by atoms with E-state index in [0.717, 1.165) is 0 Å². The predicted octanol–water partition coefficient (Wildman–Crippen LogP) is 2.23. The molecule has 0 bridgehead atoms. The van der Waals surface area contributed by atoms with Gasteiger partial charge in [0.1, 0.15) is 0 Å². The first-order valence-corrected chi connectivity index (χ1v) is 7.01. The molecule has 0 radical (unpaired) electrons. The van der Waals surface area contributed by atoms with E-state index in [1.54, 1.807) is 6.92 Å². The summed E-state index contributed by atoms with van der Waals surface area (Å²) in [7, 11) is 1.30. The van der Waals surface area contributed by atoms with E-state index in [-0.39, 0.29) is 17.1 Å². The van der Waals surface area contributed by atoms with E-state index in [4.69, 9.17) is 9.84 Å². The molecule has 0 spiro atoms. The zero-order valence-corrected chi connectivity index (χ0v) is 12.7. The average Bonchev–Trinajstić information content (AvgIpc) is 2.87. The van der Waals surface area contributed by atoms with Gasteiger partial charge in [-0.2, -0.15) is 8.78 Å². The molecule has 0 aromatic heterocycles. The molecule has 1 amide bonds. The van der Waals surface area contributed by atoms with E-state index in [2.05, 4.69) is 4.74 Å². The molecule has 0 aliphatic carbocycles. The van der Waals surface area contributed by atoms with Gasteiger partial charge in [0.2, 0.25) is 0 Å². The van der Waals surface area contributed by atoms with Crippen LogP contribution in [0.1, 0.15) is 23.7 Å². The Bertz CT molecular complexity index is 608. The zero-order chi connectivity index (χ0) is 17.1. The SMILES string of the molecule is COc1ccc(C(=O)N2CCC(C(=O)O)C2C)cc1OC(F)F. The van der Waals surface area contributed by atoms with Gasteiger partial charge in [-0.3, -0.25) is 9.59 Å². The Balaban J connectivity index is 2.24. The first-order chi connectivity index (χ1) is 10.8. The topological polar surface area (TPSA) is 76.1 Å². The summed E-state index contributed by atoms with van der Waals surface area (Å²) in [6.45, 7) is -1.09. The molecule has 1 aliphatic heterocycles. The van der Waals surface area contributed by atoms with E-state index in [1.165, 1.54) is 30.2 Å². The fourth-order valence-corrected chi connectivity index (χ4v) is 2.72. The molecule has 2 atom stereocenters. The maximum Gasteiger partial charge on any atom is 0.387 e. The fraction of sp³-hybridized carbons (Fsp3) is 0.467. The molecule has 1 aromatic carbocycles. The van der Waals surface area contributed by atoms with Crippen LogP contribution in [0.25, 0.3) is 0 Å². The number of hydrogen-bond donors (Lipinski definition) is 1. The molecular formula is C15H17F2NO5. The second kappa shape index (κ2) is 6.80. The largest absolute Gasteiger partial charge is 0.493 e. The third kappa shape index (κ3) is 3.52. The zero-order valence-electron chi connectivity index (χ0n) is 12.7. The number of carbonyl (C=O) groups is 2. The lowest BCUT2D eigenvalue weighted by Crippen LogP contribution is -2.37. The van der Waals surface area contributed by atoms with Gasteiger partial charge < -0.3 is 19.5 Å². The number of rotatable bonds is 5. The van der Waals surface area contributed by atoms with E-state index in [0.29, 0.717) is 13.0 Å². The quantitative estimate of drug-likeness (QED) is 0.896. The highest BCUT2D eigenvalue weighted by Gasteiger charge is 2.38. The maximum absolute atomic E-state index is 12.5. The van der Waals surface area contributed by atoms with Gasteiger partial charge in [0.05, 0.1) is 13.0 Å². The van der Waals surface area contributed by atoms with E-state index in [1.807, 2.05) is 0 Å². The number of nitrogens with zero attached hydrogens (tertiary/aromatic N) is 1. The second-order valence-electron chi connectivity index (χ2n) is 5.22. The molecule has 1 fully saturated rings. The molecule has 2 rings (SSSR count). The van der Waals surface area contributed by atoms with E-state index < -0.39 is 30.4 Å². The van der Waals surface area contributed by atoms with Gasteiger partial charge in [-0.1, -0.05) is 0 Å². The van der Waals surface area contributed by atoms with Crippen LogP contribution in [0.15, 0.2) is 18.2 Å². The van der Waals surface area contributed by atoms with Crippen molar-refractivity contribution in [3.8, 4) is 11.5 Å². The van der Waals surface area contributed by atoms with Gasteiger partial charge in [0, 0.05) is 18.2 Å². The molecule has 1 aliphatic rings. The molecule has 1 aromatic rings. The number of halogens is 2. The van der Waals surface area contributed by atoms with Gasteiger partial charge >= 0.3 is 12.6 Å². The van der Waals surface area contributed by atoms with Crippen LogP contribution >= 0.6 is 0 Å². The maximum atomic E-state index is 12.5. The van der Waals surface area contributed by atoms with Crippen LogP contribution in [-0.2, 0) is 4.79 Å². The first kappa shape index (κ1) is 17.0. The summed E-state index contributed by atoms with van der Waals surface area (Å²) in [6, 6.07) is 3.50. The monoisotopic (exact) mass is 329 g/mol. The van der Waals surface area contributed by atoms with Crippen molar-refractivity contribution >= 4 is 11.9 Å². The predicted molar refractivity (Wildman–Crippen MR) is 75.9 cm³/mol. The minimum Gasteiger partial charge on any atom is -0.493 e. The number of carboxylic acid groups (broad SMARTS) is 1. The normalized spacial score (nSPS) is 20.7. The Labute approximate surface area is 131 Å². The van der Waals surface area contributed by atoms with Gasteiger partial charge in [-0.15, -0.1) is 0 Å². The number of ether oxygens (including phenoxy) is 2. The lowest BCUT2D eigenvalue weighted by atomic mass is 10.0. The van der Waals surface area contributed by atoms with Crippen LogP contribution in [-0.4, -0.2) is 48.2 Å². The molecule has 0 saturated carbocycles. The fourth-order valence-electron chi connectivity index (χ4n) is 2.72. The van der Waals surface area contributed by atoms with Crippen LogP contribution < -0.4 is 9.47 Å². The van der Waals surface area contributed by atoms with Gasteiger partial charge in [0.15, 0.2) is 11.5 Å². The number of carboxylic acids is 1. The minimum absolute atomic E-state index is 0.0831. The summed E-state index contributed by atoms with van der Waals surface area (Å²) in [6.07, 6.45) is 0.360. The van der Waals surface area contributed by atoms with Crippen molar-refractivity contribution in [1.29, 1.82) is 0 Å². The molecule has 126 valence electrons. The van der Waals surface area contributed by atoms with Crippen molar-refractivity contribution < 1.29 is 33.0 Å². The summed E-state index contributed by atoms with van der Waals surface area (Å²) in [5.74, 6) is -2.17. The van der Waals surface area contributed by atoms with Crippen LogP contribution in [0.2, 0.25) is 0 Å². The molecule has 6 nitrogen and oxygen atoms in total. The average molecular weight is 329 g/mol. The molecule has 1 heterocycles. The number of benzene rings is 1. The lowest BCUT2D eigenvalue weighted by Gasteiger charge is -2.23. The molecule has 2 unspecified atom stereocenters. The molecular weight excluding hydrogens is 312 g/mol. The van der Waals surface area contributed by atoms with Crippen LogP contribution in [0, 0.1) is 5.92 Å². The number of amides is 1. The Morgan fingerprint density at radius 2 is 2.04 bits per heavy atom. The number of methoxy groups -OCH3 is 1. The summed E-state index contributed by atoms with van der Waals surface area (Å²) in [5.41, 5.74) is 0.138. The highest BCUT2D eigenvalue weighted by atomic mass is 19.3. The Morgan fingerprint density at radius 3 is 2.57 bits per heavy atom. The smallest absolute Gasteiger partial charge is 0.387 e. The Morgan fingerprint density at radius 1 is 1.35 bits per heavy atom. The van der Waals surface area contributed by atoms with E-state index >= 15 is 0 Å². The summed E-state index contributed by atoms with van der Waals surface area (Å²) < 4.78 is 34.1. The molecule has 1 saturated heterocycles. The highest BCUT2D eigenvalue weighted by Crippen LogP contribution is 2.32. The van der Waals surface area contributed by atoms with Gasteiger partial charge in [0.25, 0.3) is 5.91 Å². The highest BCUT2D eigenvalue weighted by molar-refractivity contribution is 5.95. The molecule has 23 heavy (non-hydrogen) atoms. The first-order valence-electron chi connectivity index (χ1n) is 7.01. The van der Waals surface area contributed by atoms with Crippen LogP contribution in [0.3, 0.4) is 0 Å². The van der Waals surface area contributed by atoms with Crippen molar-refractivity contribution in [2.24, 2.45) is 5.92 Å². The van der Waals surface area contributed by atoms with Gasteiger partial charge in [-0.05, 0) is 31.5 Å². The number of aliphatic carboxylic acids is 1. The van der Waals surface area contributed by atoms with Crippen LogP contribution in [0.5, 0.6) is 11.5 Å². The summed E-state index contributed by atoms with van der Waals surface area (Å²) in [5, 5.41) is 9.11. The Hall–Kier alpha value is -2.38. The van der Waals surface area contributed by atoms with Crippen molar-refractivity contribution in [1.82, 2.24) is 4.90 Å². The van der Waals surface area contributed by atoms with Crippen molar-refractivity contribution in [2.45, 2.75) is 26.0 Å². The van der Waals surface area contributed by atoms with Gasteiger partial charge in [-0.25, -0.2) is 0 Å². The van der Waals surface area contributed by atoms with Crippen molar-refractivity contribution in [3.05, 3.63) is 23.8 Å². The van der Waals surface area contributed by atoms with Crippen LogP contribution in [0.4, 0.5) is 8.78 Å². The third-order valence-corrected chi connectivity index (χ3v) is 3.96. The van der Waals surface area contributed by atoms with E-state index in [9.17, 15) is 18.4 Å². The number of alkyl halides is 2. The number of likely N-dealkylation sites (tertiary alicyclic amines) is 1. The molecule has 8 heteroatoms. The third-order valence-electron chi connectivity index (χ3n) is 3.96. The summed E-state index contributed by atoms with van der Waals surface area (Å²) in [4.78, 5) is 25.1. The number of hydrogen-bond acceptors (Lipinski definition) is 4. The molecule has 1 N–H and O–H groups in total. The standard InChI is InChI=1S/C15H17F2NO5/c1-8-10(14(20)21)5-6-18(8)13(19)9-3-4-11(22-2)12(7-9)23-15(16)17/h3-4,7-8,10,15H,5-6H2,1-2H3,(H,20,21). The lowest BCUT2D eigenvalue weighted by molar-refractivity contribution is -0.142. The second-order valence-corrected chi connectivity index (χ2v) is 5.22. The number of carbonyl (C=O) groups excluding carboxylic acids is 1. The van der Waals surface area contributed by atoms with Crippen molar-refractivity contribution in [2.75, 3.05) is 13.7 Å². The summed E-state index contributed by atoms with van der Waals surface area (Å²) >= 11 is 0. The Kier molecular flexibility index (Phi) is 5.02. The minimum atomic E-state index is -3.05.